The first-order chi connectivity index (χ1) is 26.4. The predicted octanol–water partition coefficient (Wildman–Crippen LogP) is -19.5. The fraction of sp³-hybridized carbons (Fsp3) is 0.923. The molecule has 2 aliphatic heterocycles. The zero-order valence-electron chi connectivity index (χ0n) is 31.8. The van der Waals surface area contributed by atoms with Crippen molar-refractivity contribution in [2.24, 2.45) is 0 Å². The fourth-order valence-electron chi connectivity index (χ4n) is 4.03. The number of aliphatic hydroxyl groups is 4. The molecule has 0 aliphatic carbocycles. The number of nitrogens with one attached hydrogen (secondary N) is 8. The van der Waals surface area contributed by atoms with Gasteiger partial charge in [-0.1, -0.05) is 0 Å². The van der Waals surface area contributed by atoms with Gasteiger partial charge in [0.1, 0.15) is 0 Å². The van der Waals surface area contributed by atoms with Crippen molar-refractivity contribution in [1.82, 2.24) is 62.1 Å². The van der Waals surface area contributed by atoms with E-state index >= 15 is 0 Å². The monoisotopic (exact) mass is 982 g/mol. The number of carboxylic acids is 2. The molecule has 0 bridgehead atoms. The number of carbonyl (C=O) groups is 2. The number of hydrogen-bond acceptors (Lipinski definition) is 28. The van der Waals surface area contributed by atoms with Crippen LogP contribution in [-0.4, -0.2) is 210 Å². The Morgan fingerprint density at radius 3 is 0.586 bits per heavy atom. The van der Waals surface area contributed by atoms with Crippen molar-refractivity contribution >= 4 is 11.9 Å². The Bertz CT molecular complexity index is 751. The summed E-state index contributed by atoms with van der Waals surface area (Å²) in [6, 6.07) is 0. The molecule has 0 atom stereocenters. The van der Waals surface area contributed by atoms with E-state index in [1.807, 2.05) is 0 Å². The largest absolute Gasteiger partial charge is 2.00 e. The van der Waals surface area contributed by atoms with Crippen LogP contribution in [0.5, 0.6) is 0 Å². The Kier molecular flexibility index (Phi) is 52.9. The molecule has 2 rings (SSSR count). The van der Waals surface area contributed by atoms with Crippen molar-refractivity contribution in [3.63, 3.8) is 0 Å². The first-order valence-electron chi connectivity index (χ1n) is 17.0. The average Bonchev–Trinajstić information content (AvgIpc) is 3.09. The van der Waals surface area contributed by atoms with Gasteiger partial charge >= 0.3 is 33.0 Å². The summed E-state index contributed by atoms with van der Waals surface area (Å²) in [5, 5.41) is 80.7. The number of rotatable bonds is 8. The van der Waals surface area contributed by atoms with Crippen LogP contribution in [0.1, 0.15) is 0 Å². The third-order valence-electron chi connectivity index (χ3n) is 6.43. The molecular formula is C26H60Cl2N12Ni2O16. The van der Waals surface area contributed by atoms with E-state index in [-0.39, 0.29) is 59.4 Å². The molecule has 0 aromatic carbocycles. The first kappa shape index (κ1) is 66.6. The molecule has 0 spiro atoms. The van der Waals surface area contributed by atoms with Crippen LogP contribution in [0.25, 0.3) is 0 Å². The molecule has 0 saturated carbocycles. The van der Waals surface area contributed by atoms with E-state index in [9.17, 15) is 0 Å². The van der Waals surface area contributed by atoms with Crippen LogP contribution in [0.2, 0.25) is 0 Å². The average molecular weight is 985 g/mol. The molecule has 0 aromatic rings. The third-order valence-corrected chi connectivity index (χ3v) is 6.43. The van der Waals surface area contributed by atoms with Crippen molar-refractivity contribution in [2.75, 3.05) is 158 Å². The van der Waals surface area contributed by atoms with E-state index in [2.05, 4.69) is 62.1 Å². The van der Waals surface area contributed by atoms with Crippen LogP contribution in [0.3, 0.4) is 0 Å². The Labute approximate surface area is 362 Å². The van der Waals surface area contributed by atoms with E-state index in [4.69, 9.17) is 77.5 Å². The van der Waals surface area contributed by atoms with Gasteiger partial charge in [0.2, 0.25) is 0 Å². The Hall–Kier alpha value is -0.453. The quantitative estimate of drug-likeness (QED) is 0.0793. The standard InChI is InChI=1S/2C12H30N6O2.C2H2O4.2ClHO4.2Ni/c2*19-7-5-17-9-13-1-2-14-10-18(6-8-20)12-16-4-3-15-11-17;3-1(4)2(5)6;2*2-1(3,4)5;;/h2*13-16,19-20H,1-12H2;(H,3,4)(H,5,6);2*(H,2,3,4,5);;/q;;;;;2*+2/p-4. The molecule has 354 valence electrons. The Morgan fingerprint density at radius 1 is 0.379 bits per heavy atom. The number of carboxylic acid groups (broad SMARTS) is 2. The topological polar surface area (TPSA) is 455 Å². The number of aliphatic carboxylic acids is 2. The van der Waals surface area contributed by atoms with Crippen LogP contribution >= 0.6 is 0 Å². The maximum atomic E-state index is 9.02. The van der Waals surface area contributed by atoms with Gasteiger partial charge in [0.25, 0.3) is 0 Å². The van der Waals surface area contributed by atoms with Crippen LogP contribution in [-0.2, 0) is 42.6 Å². The van der Waals surface area contributed by atoms with Gasteiger partial charge in [-0.3, -0.25) is 19.6 Å². The van der Waals surface area contributed by atoms with Crippen LogP contribution in [0.4, 0.5) is 0 Å². The number of aliphatic hydroxyl groups excluding tert-OH is 4. The SMILES string of the molecule is O=C([O-])C(=O)[O-].OCCN1CNCCNCN(CCO)CNCCNC1.OCCN1CNCCNCN(CCO)CNCCNC1.[Ni+2].[Ni+2].[O-][Cl+3]([O-])([O-])[O-].[O-][Cl+3]([O-])([O-])[O-]. The molecule has 32 heteroatoms. The molecule has 0 amide bonds. The minimum Gasteiger partial charge on any atom is -0.543 e. The van der Waals surface area contributed by atoms with Gasteiger partial charge in [0.05, 0.1) is 38.4 Å². The summed E-state index contributed by atoms with van der Waals surface area (Å²) in [7, 11) is -9.89. The molecule has 2 fully saturated rings. The van der Waals surface area contributed by atoms with Gasteiger partial charge < -0.3 is 82.8 Å². The number of β-amino-alcohol motifs (C(OH)–C–C–N with tert-alkyl or cyclic N) is 4. The number of halogens is 2. The Balaban J connectivity index is -0.000000230. The second kappa shape index (κ2) is 46.1. The third kappa shape index (κ3) is 62.2. The smallest absolute Gasteiger partial charge is 0.543 e. The summed E-state index contributed by atoms with van der Waals surface area (Å²) >= 11 is 0. The summed E-state index contributed by atoms with van der Waals surface area (Å²) in [6.07, 6.45) is 0. The second-order valence-electron chi connectivity index (χ2n) is 11.1. The summed E-state index contributed by atoms with van der Waals surface area (Å²) in [6.45, 7) is 16.5. The minimum atomic E-state index is -4.94. The molecule has 2 heterocycles. The maximum absolute atomic E-state index is 9.02. The van der Waals surface area contributed by atoms with Gasteiger partial charge in [0, 0.05) is 132 Å². The van der Waals surface area contributed by atoms with Crippen molar-refractivity contribution in [3.05, 3.63) is 0 Å². The van der Waals surface area contributed by atoms with Gasteiger partial charge in [-0.2, -0.15) is 0 Å². The molecule has 12 N–H and O–H groups in total. The normalized spacial score (nSPS) is 18.3. The molecule has 2 aliphatic rings. The molecule has 0 aromatic heterocycles. The van der Waals surface area contributed by atoms with Crippen LogP contribution < -0.4 is 90.0 Å². The number of hydrogen-bond donors (Lipinski definition) is 12. The number of nitrogens with zero attached hydrogens (tertiary/aromatic N) is 4. The number of carbonyl (C=O) groups excluding carboxylic acids is 2. The molecule has 0 radical (unpaired) electrons. The summed E-state index contributed by atoms with van der Waals surface area (Å²) in [4.78, 5) is 26.4. The minimum absolute atomic E-state index is 0. The summed E-state index contributed by atoms with van der Waals surface area (Å²) in [5.74, 6) is -4.37. The van der Waals surface area contributed by atoms with Crippen molar-refractivity contribution in [1.29, 1.82) is 0 Å². The van der Waals surface area contributed by atoms with Gasteiger partial charge in [-0.15, -0.1) is 20.5 Å². The fourth-order valence-corrected chi connectivity index (χ4v) is 4.03. The molecule has 0 unspecified atom stereocenters. The van der Waals surface area contributed by atoms with Gasteiger partial charge in [0.15, 0.2) is 0 Å². The predicted molar refractivity (Wildman–Crippen MR) is 168 cm³/mol. The van der Waals surface area contributed by atoms with Gasteiger partial charge in [-0.25, -0.2) is 37.3 Å². The van der Waals surface area contributed by atoms with Crippen molar-refractivity contribution in [3.8, 4) is 0 Å². The van der Waals surface area contributed by atoms with Crippen molar-refractivity contribution in [2.45, 2.75) is 0 Å². The van der Waals surface area contributed by atoms with E-state index in [1.165, 1.54) is 0 Å². The van der Waals surface area contributed by atoms with Gasteiger partial charge in [-0.05, 0) is 0 Å². The van der Waals surface area contributed by atoms with Crippen LogP contribution in [0, 0.1) is 20.5 Å². The van der Waals surface area contributed by atoms with E-state index in [0.717, 1.165) is 106 Å². The molecule has 58 heavy (non-hydrogen) atoms. The maximum Gasteiger partial charge on any atom is 2.00 e. The van der Waals surface area contributed by atoms with E-state index in [0.29, 0.717) is 26.2 Å². The molecular weight excluding hydrogens is 925 g/mol. The summed E-state index contributed by atoms with van der Waals surface area (Å²) in [5.41, 5.74) is 0. The van der Waals surface area contributed by atoms with Crippen LogP contribution in [0.15, 0.2) is 0 Å². The van der Waals surface area contributed by atoms with Crippen molar-refractivity contribution < 1.29 is 131 Å². The first-order valence-corrected chi connectivity index (χ1v) is 19.5. The zero-order chi connectivity index (χ0) is 43.1. The second-order valence-corrected chi connectivity index (χ2v) is 12.6. The Morgan fingerprint density at radius 2 is 0.500 bits per heavy atom. The zero-order valence-corrected chi connectivity index (χ0v) is 35.3. The molecule has 28 nitrogen and oxygen atoms in total. The summed E-state index contributed by atoms with van der Waals surface area (Å²) < 4.78 is 67.9. The van der Waals surface area contributed by atoms with E-state index in [1.54, 1.807) is 0 Å². The van der Waals surface area contributed by atoms with E-state index < -0.39 is 32.4 Å². The molecule has 2 saturated heterocycles.